The Kier molecular flexibility index (Phi) is 3.68. The first kappa shape index (κ1) is 8.83. The van der Waals surface area contributed by atoms with E-state index >= 15 is 0 Å². The van der Waals surface area contributed by atoms with Crippen LogP contribution in [0, 0.1) is 12.8 Å². The van der Waals surface area contributed by atoms with Crippen molar-refractivity contribution in [1.82, 2.24) is 0 Å². The molecule has 0 N–H and O–H groups in total. The van der Waals surface area contributed by atoms with Crippen LogP contribution in [0.5, 0.6) is 0 Å². The molecule has 0 saturated heterocycles. The molecule has 1 radical (unpaired) electrons. The van der Waals surface area contributed by atoms with E-state index in [0.717, 1.165) is 0 Å². The Morgan fingerprint density at radius 1 is 1.27 bits per heavy atom. The van der Waals surface area contributed by atoms with Crippen LogP contribution in [0.15, 0.2) is 11.6 Å². The first-order valence-corrected chi connectivity index (χ1v) is 4.82. The summed E-state index contributed by atoms with van der Waals surface area (Å²) in [6, 6.07) is 0. The zero-order valence-electron chi connectivity index (χ0n) is 7.60. The fourth-order valence-electron chi connectivity index (χ4n) is 1.66. The summed E-state index contributed by atoms with van der Waals surface area (Å²) in [5, 5.41) is 0. The van der Waals surface area contributed by atoms with Crippen molar-refractivity contribution in [2.24, 2.45) is 5.92 Å². The third-order valence-electron chi connectivity index (χ3n) is 2.46. The van der Waals surface area contributed by atoms with Crippen LogP contribution in [-0.4, -0.2) is 0 Å². The van der Waals surface area contributed by atoms with Gasteiger partial charge in [-0.05, 0) is 38.5 Å². The second kappa shape index (κ2) is 4.58. The summed E-state index contributed by atoms with van der Waals surface area (Å²) in [6.45, 7) is 6.27. The zero-order chi connectivity index (χ0) is 8.10. The number of hydrogen-bond donors (Lipinski definition) is 0. The molecule has 1 aliphatic rings. The van der Waals surface area contributed by atoms with E-state index in [4.69, 9.17) is 0 Å². The van der Waals surface area contributed by atoms with Crippen molar-refractivity contribution in [2.45, 2.75) is 45.4 Å². The molecule has 1 rings (SSSR count). The molecule has 0 aromatic rings. The second-order valence-electron chi connectivity index (χ2n) is 3.63. The van der Waals surface area contributed by atoms with Crippen molar-refractivity contribution in [2.75, 3.05) is 0 Å². The Labute approximate surface area is 70.7 Å². The third kappa shape index (κ3) is 3.09. The van der Waals surface area contributed by atoms with Gasteiger partial charge in [0.25, 0.3) is 0 Å². The summed E-state index contributed by atoms with van der Waals surface area (Å²) in [5.41, 5.74) is 1.59. The molecule has 0 heterocycles. The lowest BCUT2D eigenvalue weighted by Gasteiger charge is -2.13. The van der Waals surface area contributed by atoms with Crippen molar-refractivity contribution in [3.63, 3.8) is 0 Å². The Hall–Kier alpha value is -0.260. The minimum Gasteiger partial charge on any atom is -0.0851 e. The molecule has 0 fully saturated rings. The summed E-state index contributed by atoms with van der Waals surface area (Å²) in [5.74, 6) is 0.535. The van der Waals surface area contributed by atoms with Gasteiger partial charge >= 0.3 is 0 Å². The largest absolute Gasteiger partial charge is 0.0851 e. The highest BCUT2D eigenvalue weighted by Gasteiger charge is 2.04. The van der Waals surface area contributed by atoms with Gasteiger partial charge in [0, 0.05) is 0 Å². The van der Waals surface area contributed by atoms with Crippen molar-refractivity contribution >= 4 is 0 Å². The zero-order valence-corrected chi connectivity index (χ0v) is 7.60. The van der Waals surface area contributed by atoms with Crippen LogP contribution in [-0.2, 0) is 0 Å². The van der Waals surface area contributed by atoms with Crippen molar-refractivity contribution in [3.05, 3.63) is 18.6 Å². The van der Waals surface area contributed by atoms with E-state index in [0.29, 0.717) is 5.92 Å². The normalized spacial score (nSPS) is 20.8. The quantitative estimate of drug-likeness (QED) is 0.501. The van der Waals surface area contributed by atoms with E-state index in [-0.39, 0.29) is 0 Å². The topological polar surface area (TPSA) is 0 Å². The summed E-state index contributed by atoms with van der Waals surface area (Å²) in [4.78, 5) is 0. The van der Waals surface area contributed by atoms with Gasteiger partial charge in [-0.3, -0.25) is 0 Å². The van der Waals surface area contributed by atoms with Crippen molar-refractivity contribution in [3.8, 4) is 0 Å². The van der Waals surface area contributed by atoms with Crippen molar-refractivity contribution in [1.29, 1.82) is 0 Å². The third-order valence-corrected chi connectivity index (χ3v) is 2.46. The summed E-state index contributed by atoms with van der Waals surface area (Å²) < 4.78 is 0. The monoisotopic (exact) mass is 151 g/mol. The molecule has 0 aliphatic heterocycles. The highest BCUT2D eigenvalue weighted by atomic mass is 14.1. The fourth-order valence-corrected chi connectivity index (χ4v) is 1.66. The molecule has 0 saturated carbocycles. The predicted molar refractivity (Wildman–Crippen MR) is 50.3 cm³/mol. The molecular weight excluding hydrogens is 132 g/mol. The Morgan fingerprint density at radius 3 is 2.73 bits per heavy atom. The van der Waals surface area contributed by atoms with E-state index in [1.54, 1.807) is 5.57 Å². The fraction of sp³-hybridized carbons (Fsp3) is 0.727. The van der Waals surface area contributed by atoms with Crippen LogP contribution in [0.4, 0.5) is 0 Å². The molecule has 63 valence electrons. The van der Waals surface area contributed by atoms with E-state index < -0.39 is 0 Å². The van der Waals surface area contributed by atoms with Gasteiger partial charge < -0.3 is 0 Å². The molecule has 1 atom stereocenters. The van der Waals surface area contributed by atoms with Crippen molar-refractivity contribution < 1.29 is 0 Å². The standard InChI is InChI=1S/C11H19/c1-10(2)11-8-6-4-3-5-7-9-11/h8,10H,1,3-7,9H2,2H3. The van der Waals surface area contributed by atoms with Gasteiger partial charge in [0.1, 0.15) is 0 Å². The highest BCUT2D eigenvalue weighted by molar-refractivity contribution is 5.07. The molecule has 11 heavy (non-hydrogen) atoms. The molecule has 1 aliphatic carbocycles. The Bertz CT molecular complexity index is 131. The molecule has 0 aromatic heterocycles. The van der Waals surface area contributed by atoms with Gasteiger partial charge in [-0.15, -0.1) is 0 Å². The van der Waals surface area contributed by atoms with Crippen LogP contribution in [0.25, 0.3) is 0 Å². The minimum absolute atomic E-state index is 0.535. The van der Waals surface area contributed by atoms with E-state index in [1.807, 2.05) is 0 Å². The van der Waals surface area contributed by atoms with Gasteiger partial charge in [-0.25, -0.2) is 0 Å². The molecule has 0 amide bonds. The average Bonchev–Trinajstić information content (AvgIpc) is 1.84. The number of rotatable bonds is 1. The van der Waals surface area contributed by atoms with E-state index in [2.05, 4.69) is 19.9 Å². The smallest absolute Gasteiger partial charge is 0.0231 e. The lowest BCUT2D eigenvalue weighted by atomic mass is 9.93. The van der Waals surface area contributed by atoms with Gasteiger partial charge in [-0.2, -0.15) is 0 Å². The molecule has 0 spiro atoms. The first-order valence-electron chi connectivity index (χ1n) is 4.82. The summed E-state index contributed by atoms with van der Waals surface area (Å²) in [7, 11) is 0. The number of allylic oxidation sites excluding steroid dienone is 2. The predicted octanol–water partition coefficient (Wildman–Crippen LogP) is 3.74. The van der Waals surface area contributed by atoms with Crippen LogP contribution in [0.2, 0.25) is 0 Å². The number of hydrogen-bond acceptors (Lipinski definition) is 0. The van der Waals surface area contributed by atoms with E-state index in [9.17, 15) is 0 Å². The Balaban J connectivity index is 2.45. The van der Waals surface area contributed by atoms with Crippen LogP contribution < -0.4 is 0 Å². The van der Waals surface area contributed by atoms with Gasteiger partial charge in [0.15, 0.2) is 0 Å². The molecule has 0 heteroatoms. The molecule has 0 bridgehead atoms. The van der Waals surface area contributed by atoms with Gasteiger partial charge in [0.2, 0.25) is 0 Å². The molecule has 1 unspecified atom stereocenters. The minimum atomic E-state index is 0.535. The lowest BCUT2D eigenvalue weighted by molar-refractivity contribution is 0.601. The lowest BCUT2D eigenvalue weighted by Crippen LogP contribution is -1.97. The summed E-state index contributed by atoms with van der Waals surface area (Å²) in [6.07, 6.45) is 10.6. The second-order valence-corrected chi connectivity index (χ2v) is 3.63. The maximum absolute atomic E-state index is 4.07. The SMILES string of the molecule is [CH2]C(C)C1=CCCCCCC1. The van der Waals surface area contributed by atoms with Crippen LogP contribution in [0.3, 0.4) is 0 Å². The van der Waals surface area contributed by atoms with Crippen LogP contribution >= 0.6 is 0 Å². The molecular formula is C11H19. The van der Waals surface area contributed by atoms with Crippen LogP contribution in [0.1, 0.15) is 45.4 Å². The molecule has 0 nitrogen and oxygen atoms in total. The highest BCUT2D eigenvalue weighted by Crippen LogP contribution is 2.21. The maximum Gasteiger partial charge on any atom is -0.0231 e. The summed E-state index contributed by atoms with van der Waals surface area (Å²) >= 11 is 0. The average molecular weight is 151 g/mol. The first-order chi connectivity index (χ1) is 5.30. The maximum atomic E-state index is 4.07. The molecule has 0 aromatic carbocycles. The Morgan fingerprint density at radius 2 is 2.00 bits per heavy atom. The van der Waals surface area contributed by atoms with E-state index in [1.165, 1.54) is 38.5 Å². The van der Waals surface area contributed by atoms with Gasteiger partial charge in [-0.1, -0.05) is 31.4 Å². The van der Waals surface area contributed by atoms with Gasteiger partial charge in [0.05, 0.1) is 0 Å².